The average Bonchev–Trinajstić information content (AvgIpc) is 2.46. The van der Waals surface area contributed by atoms with Gasteiger partial charge in [0.1, 0.15) is 6.61 Å². The highest BCUT2D eigenvalue weighted by molar-refractivity contribution is 9.10. The number of benzene rings is 2. The second-order valence-electron chi connectivity index (χ2n) is 4.15. The van der Waals surface area contributed by atoms with Crippen molar-refractivity contribution in [3.05, 3.63) is 58.1 Å². The van der Waals surface area contributed by atoms with Gasteiger partial charge in [0.15, 0.2) is 11.5 Å². The minimum absolute atomic E-state index is 0.381. The molecule has 2 aromatic carbocycles. The summed E-state index contributed by atoms with van der Waals surface area (Å²) in [4.78, 5) is 11.2. The third-order valence-electron chi connectivity index (χ3n) is 2.76. The second-order valence-corrected chi connectivity index (χ2v) is 5.06. The lowest BCUT2D eigenvalue weighted by Gasteiger charge is -2.11. The third-order valence-corrected chi connectivity index (χ3v) is 3.28. The Kier molecular flexibility index (Phi) is 4.63. The Balaban J connectivity index is 2.16. The summed E-state index contributed by atoms with van der Waals surface area (Å²) in [6, 6.07) is 12.6. The summed E-state index contributed by atoms with van der Waals surface area (Å²) in [5.74, 6) is 0.556. The molecule has 20 heavy (non-hydrogen) atoms. The zero-order valence-corrected chi connectivity index (χ0v) is 12.5. The molecule has 0 atom stereocenters. The van der Waals surface area contributed by atoms with E-state index in [9.17, 15) is 4.79 Å². The quantitative estimate of drug-likeness (QED) is 0.912. The van der Waals surface area contributed by atoms with Gasteiger partial charge in [-0.3, -0.25) is 4.79 Å². The Morgan fingerprint density at radius 1 is 1.15 bits per heavy atom. The number of hydrogen-bond acceptors (Lipinski definition) is 3. The molecule has 0 saturated heterocycles. The number of ether oxygens (including phenoxy) is 2. The number of rotatable bonds is 5. The van der Waals surface area contributed by atoms with Crippen molar-refractivity contribution in [2.45, 2.75) is 6.61 Å². The number of methoxy groups -OCH3 is 1. The fourth-order valence-electron chi connectivity index (χ4n) is 1.68. The van der Waals surface area contributed by atoms with Crippen LogP contribution in [0.4, 0.5) is 0 Å². The Hall–Kier alpha value is -2.01. The fraction of sp³-hybridized carbons (Fsp3) is 0.133. The van der Waals surface area contributed by atoms with Crippen LogP contribution in [-0.4, -0.2) is 13.0 Å². The van der Waals surface area contributed by atoms with Gasteiger partial charge in [-0.05, 0) is 35.9 Å². The summed E-state index contributed by atoms with van der Waals surface area (Å²) in [7, 11) is 1.55. The van der Waals surface area contributed by atoms with Crippen LogP contribution in [0.15, 0.2) is 46.9 Å². The summed E-state index contributed by atoms with van der Waals surface area (Å²) in [5, 5.41) is 0. The zero-order chi connectivity index (χ0) is 14.5. The van der Waals surface area contributed by atoms with Crippen LogP contribution in [0.25, 0.3) is 0 Å². The number of hydrogen-bond donors (Lipinski definition) is 1. The summed E-state index contributed by atoms with van der Waals surface area (Å²) in [6.45, 7) is 0.381. The van der Waals surface area contributed by atoms with Crippen LogP contribution in [0.2, 0.25) is 0 Å². The van der Waals surface area contributed by atoms with Crippen molar-refractivity contribution in [2.24, 2.45) is 5.73 Å². The standard InChI is InChI=1S/C15H14BrNO3/c1-19-13-7-4-11(15(17)18)8-14(13)20-9-10-2-5-12(16)6-3-10/h2-8H,9H2,1H3,(H2,17,18). The molecule has 2 rings (SSSR count). The first kappa shape index (κ1) is 14.4. The lowest BCUT2D eigenvalue weighted by atomic mass is 10.2. The van der Waals surface area contributed by atoms with Crippen molar-refractivity contribution >= 4 is 21.8 Å². The summed E-state index contributed by atoms with van der Waals surface area (Å²) in [6.07, 6.45) is 0. The maximum absolute atomic E-state index is 11.2. The van der Waals surface area contributed by atoms with Crippen molar-refractivity contribution in [3.8, 4) is 11.5 Å². The first-order valence-electron chi connectivity index (χ1n) is 5.95. The lowest BCUT2D eigenvalue weighted by molar-refractivity contribution is 0.0999. The molecule has 5 heteroatoms. The molecule has 4 nitrogen and oxygen atoms in total. The molecule has 0 aliphatic carbocycles. The van der Waals surface area contributed by atoms with Crippen LogP contribution >= 0.6 is 15.9 Å². The third kappa shape index (κ3) is 3.51. The Labute approximate surface area is 125 Å². The van der Waals surface area contributed by atoms with Gasteiger partial charge in [0.25, 0.3) is 0 Å². The second kappa shape index (κ2) is 6.43. The van der Waals surface area contributed by atoms with E-state index < -0.39 is 5.91 Å². The Bertz CT molecular complexity index is 611. The number of carbonyl (C=O) groups is 1. The van der Waals surface area contributed by atoms with E-state index in [0.717, 1.165) is 10.0 Å². The molecule has 0 saturated carbocycles. The highest BCUT2D eigenvalue weighted by Crippen LogP contribution is 2.28. The summed E-state index contributed by atoms with van der Waals surface area (Å²) < 4.78 is 11.9. The van der Waals surface area contributed by atoms with Gasteiger partial charge in [-0.2, -0.15) is 0 Å². The van der Waals surface area contributed by atoms with E-state index in [1.54, 1.807) is 25.3 Å². The smallest absolute Gasteiger partial charge is 0.248 e. The molecular formula is C15H14BrNO3. The molecule has 0 radical (unpaired) electrons. The van der Waals surface area contributed by atoms with E-state index in [0.29, 0.717) is 23.7 Å². The van der Waals surface area contributed by atoms with E-state index in [-0.39, 0.29) is 0 Å². The molecule has 0 unspecified atom stereocenters. The Morgan fingerprint density at radius 2 is 1.85 bits per heavy atom. The van der Waals surface area contributed by atoms with Gasteiger partial charge >= 0.3 is 0 Å². The number of halogens is 1. The van der Waals surface area contributed by atoms with Crippen LogP contribution < -0.4 is 15.2 Å². The van der Waals surface area contributed by atoms with Crippen LogP contribution in [0.5, 0.6) is 11.5 Å². The average molecular weight is 336 g/mol. The normalized spacial score (nSPS) is 10.1. The number of nitrogens with two attached hydrogens (primary N) is 1. The molecule has 0 spiro atoms. The minimum atomic E-state index is -0.499. The van der Waals surface area contributed by atoms with E-state index >= 15 is 0 Å². The molecule has 1 amide bonds. The van der Waals surface area contributed by atoms with Crippen molar-refractivity contribution in [1.29, 1.82) is 0 Å². The predicted molar refractivity (Wildman–Crippen MR) is 80.0 cm³/mol. The topological polar surface area (TPSA) is 61.5 Å². The van der Waals surface area contributed by atoms with Crippen molar-refractivity contribution < 1.29 is 14.3 Å². The summed E-state index contributed by atoms with van der Waals surface area (Å²) >= 11 is 3.38. The van der Waals surface area contributed by atoms with Crippen LogP contribution in [0.3, 0.4) is 0 Å². The molecular weight excluding hydrogens is 322 g/mol. The van der Waals surface area contributed by atoms with E-state index in [4.69, 9.17) is 15.2 Å². The Morgan fingerprint density at radius 3 is 2.45 bits per heavy atom. The molecule has 0 aliphatic rings. The first-order valence-corrected chi connectivity index (χ1v) is 6.74. The maximum Gasteiger partial charge on any atom is 0.248 e. The van der Waals surface area contributed by atoms with Gasteiger partial charge in [-0.25, -0.2) is 0 Å². The van der Waals surface area contributed by atoms with Crippen LogP contribution in [0, 0.1) is 0 Å². The van der Waals surface area contributed by atoms with E-state index in [1.807, 2.05) is 24.3 Å². The van der Waals surface area contributed by atoms with Crippen LogP contribution in [0.1, 0.15) is 15.9 Å². The molecule has 104 valence electrons. The zero-order valence-electron chi connectivity index (χ0n) is 10.9. The molecule has 0 aromatic heterocycles. The molecule has 0 aliphatic heterocycles. The van der Waals surface area contributed by atoms with Gasteiger partial charge in [-0.15, -0.1) is 0 Å². The predicted octanol–water partition coefficient (Wildman–Crippen LogP) is 3.14. The lowest BCUT2D eigenvalue weighted by Crippen LogP contribution is -2.11. The van der Waals surface area contributed by atoms with Gasteiger partial charge < -0.3 is 15.2 Å². The molecule has 2 aromatic rings. The van der Waals surface area contributed by atoms with E-state index in [1.165, 1.54) is 0 Å². The van der Waals surface area contributed by atoms with E-state index in [2.05, 4.69) is 15.9 Å². The molecule has 0 fully saturated rings. The molecule has 2 N–H and O–H groups in total. The monoisotopic (exact) mass is 335 g/mol. The maximum atomic E-state index is 11.2. The van der Waals surface area contributed by atoms with Gasteiger partial charge in [0.2, 0.25) is 5.91 Å². The molecule has 0 bridgehead atoms. The fourth-order valence-corrected chi connectivity index (χ4v) is 1.95. The molecule has 0 heterocycles. The van der Waals surface area contributed by atoms with Crippen LogP contribution in [-0.2, 0) is 6.61 Å². The number of primary amides is 1. The highest BCUT2D eigenvalue weighted by atomic mass is 79.9. The number of carbonyl (C=O) groups excluding carboxylic acids is 1. The van der Waals surface area contributed by atoms with Gasteiger partial charge in [-0.1, -0.05) is 28.1 Å². The van der Waals surface area contributed by atoms with Gasteiger partial charge in [0.05, 0.1) is 7.11 Å². The SMILES string of the molecule is COc1ccc(C(N)=O)cc1OCc1ccc(Br)cc1. The highest BCUT2D eigenvalue weighted by Gasteiger charge is 2.09. The number of amides is 1. The van der Waals surface area contributed by atoms with Gasteiger partial charge in [0, 0.05) is 10.0 Å². The van der Waals surface area contributed by atoms with Crippen molar-refractivity contribution in [2.75, 3.05) is 7.11 Å². The van der Waals surface area contributed by atoms with Crippen molar-refractivity contribution in [3.63, 3.8) is 0 Å². The summed E-state index contributed by atoms with van der Waals surface area (Å²) in [5.41, 5.74) is 6.66. The minimum Gasteiger partial charge on any atom is -0.493 e. The largest absolute Gasteiger partial charge is 0.493 e. The first-order chi connectivity index (χ1) is 9.60. The van der Waals surface area contributed by atoms with Crippen molar-refractivity contribution in [1.82, 2.24) is 0 Å².